The van der Waals surface area contributed by atoms with Crippen molar-refractivity contribution in [2.75, 3.05) is 39.4 Å². The quantitative estimate of drug-likeness (QED) is 0.193. The zero-order valence-corrected chi connectivity index (χ0v) is 18.5. The summed E-state index contributed by atoms with van der Waals surface area (Å²) >= 11 is 0. The highest BCUT2D eigenvalue weighted by atomic mass is 31.1. The Morgan fingerprint density at radius 1 is 0.577 bits per heavy atom. The molecule has 5 nitrogen and oxygen atoms in total. The first-order valence-electron chi connectivity index (χ1n) is 11.0. The largest absolute Gasteiger partial charge is 0.319 e. The van der Waals surface area contributed by atoms with Crippen LogP contribution in [-0.4, -0.2) is 39.4 Å². The van der Waals surface area contributed by atoms with Gasteiger partial charge in [0, 0.05) is 13.1 Å². The van der Waals surface area contributed by atoms with Gasteiger partial charge in [-0.15, -0.1) is 0 Å². The third-order valence-electron chi connectivity index (χ3n) is 4.41. The van der Waals surface area contributed by atoms with Crippen LogP contribution in [0.15, 0.2) is 0 Å². The molecule has 0 atom stereocenters. The van der Waals surface area contributed by atoms with Gasteiger partial charge in [0.25, 0.3) is 0 Å². The number of hydrogen-bond acceptors (Lipinski definition) is 5. The Labute approximate surface area is 163 Å². The first-order valence-corrected chi connectivity index (χ1v) is 12.2. The van der Waals surface area contributed by atoms with E-state index >= 15 is 0 Å². The van der Waals surface area contributed by atoms with Crippen LogP contribution in [0.5, 0.6) is 0 Å². The molecule has 0 rings (SSSR count). The van der Waals surface area contributed by atoms with Crippen molar-refractivity contribution in [1.82, 2.24) is 10.6 Å². The minimum Gasteiger partial charge on any atom is -0.314 e. The highest BCUT2D eigenvalue weighted by molar-refractivity contribution is 7.33. The average molecular weight is 393 g/mol. The van der Waals surface area contributed by atoms with Gasteiger partial charge in [-0.2, -0.15) is 0 Å². The van der Waals surface area contributed by atoms with Crippen LogP contribution in [0.3, 0.4) is 0 Å². The van der Waals surface area contributed by atoms with E-state index in [9.17, 15) is 4.57 Å². The first-order chi connectivity index (χ1) is 12.8. The van der Waals surface area contributed by atoms with Crippen molar-refractivity contribution in [2.24, 2.45) is 0 Å². The van der Waals surface area contributed by atoms with Crippen molar-refractivity contribution in [3.05, 3.63) is 0 Å². The van der Waals surface area contributed by atoms with E-state index in [1.54, 1.807) is 0 Å². The zero-order valence-electron chi connectivity index (χ0n) is 17.5. The van der Waals surface area contributed by atoms with Gasteiger partial charge < -0.3 is 19.7 Å². The van der Waals surface area contributed by atoms with E-state index in [-0.39, 0.29) is 0 Å². The highest BCUT2D eigenvalue weighted by Crippen LogP contribution is 2.22. The van der Waals surface area contributed by atoms with E-state index in [0.29, 0.717) is 13.2 Å². The Bertz CT molecular complexity index is 268. The Kier molecular flexibility index (Phi) is 23.2. The molecule has 0 aliphatic carbocycles. The van der Waals surface area contributed by atoms with Crippen LogP contribution in [0.2, 0.25) is 0 Å². The van der Waals surface area contributed by atoms with Crippen LogP contribution in [0, 0.1) is 0 Å². The summed E-state index contributed by atoms with van der Waals surface area (Å²) in [5, 5.41) is 6.65. The zero-order chi connectivity index (χ0) is 19.1. The Balaban J connectivity index is 3.13. The van der Waals surface area contributed by atoms with Gasteiger partial charge in [0.1, 0.15) is 0 Å². The second kappa shape index (κ2) is 23.1. The maximum Gasteiger partial charge on any atom is 0.319 e. The van der Waals surface area contributed by atoms with E-state index in [2.05, 4.69) is 24.5 Å². The van der Waals surface area contributed by atoms with Gasteiger partial charge in [-0.25, -0.2) is 0 Å². The number of unbranched alkanes of at least 4 members (excludes halogenated alkanes) is 10. The van der Waals surface area contributed by atoms with Gasteiger partial charge in [-0.3, -0.25) is 4.57 Å². The number of rotatable bonds is 22. The molecule has 0 aromatic heterocycles. The topological polar surface area (TPSA) is 59.6 Å². The van der Waals surface area contributed by atoms with Gasteiger partial charge >= 0.3 is 8.25 Å². The van der Waals surface area contributed by atoms with E-state index in [1.807, 2.05) is 0 Å². The Morgan fingerprint density at radius 3 is 1.38 bits per heavy atom. The van der Waals surface area contributed by atoms with Crippen molar-refractivity contribution in [3.63, 3.8) is 0 Å². The molecule has 0 unspecified atom stereocenters. The molecule has 2 N–H and O–H groups in total. The van der Waals surface area contributed by atoms with Gasteiger partial charge in [0.2, 0.25) is 0 Å². The van der Waals surface area contributed by atoms with E-state index < -0.39 is 8.25 Å². The molecule has 158 valence electrons. The molecule has 6 heteroatoms. The second-order valence-electron chi connectivity index (χ2n) is 6.98. The van der Waals surface area contributed by atoms with Crippen LogP contribution in [0.25, 0.3) is 0 Å². The van der Waals surface area contributed by atoms with Crippen molar-refractivity contribution < 1.29 is 13.6 Å². The van der Waals surface area contributed by atoms with Gasteiger partial charge in [0.15, 0.2) is 0 Å². The maximum absolute atomic E-state index is 11.6. The Morgan fingerprint density at radius 2 is 0.962 bits per heavy atom. The molecule has 0 heterocycles. The molecule has 0 saturated heterocycles. The number of hydrogen-bond donors (Lipinski definition) is 2. The predicted octanol–water partition coefficient (Wildman–Crippen LogP) is 5.31. The lowest BCUT2D eigenvalue weighted by Gasteiger charge is -2.08. The molecular weight excluding hydrogens is 347 g/mol. The summed E-state index contributed by atoms with van der Waals surface area (Å²) in [5.74, 6) is 0. The monoisotopic (exact) mass is 392 g/mol. The van der Waals surface area contributed by atoms with Crippen LogP contribution in [0.1, 0.15) is 90.9 Å². The van der Waals surface area contributed by atoms with Crippen molar-refractivity contribution in [2.45, 2.75) is 90.9 Å². The van der Waals surface area contributed by atoms with Gasteiger partial charge in [0.05, 0.1) is 13.2 Å². The fraction of sp³-hybridized carbons (Fsp3) is 1.00. The molecule has 0 amide bonds. The molecule has 0 radical (unpaired) electrons. The smallest absolute Gasteiger partial charge is 0.314 e. The summed E-state index contributed by atoms with van der Waals surface area (Å²) in [6, 6.07) is 0. The molecule has 0 spiro atoms. The molecule has 0 aromatic rings. The SMILES string of the molecule is CCCCCCCCNCCO[PH](=O)OCCNCCCCCCCC. The third-order valence-corrected chi connectivity index (χ3v) is 5.29. The predicted molar refractivity (Wildman–Crippen MR) is 113 cm³/mol. The van der Waals surface area contributed by atoms with E-state index in [1.165, 1.54) is 77.0 Å². The van der Waals surface area contributed by atoms with Crippen molar-refractivity contribution in [3.8, 4) is 0 Å². The summed E-state index contributed by atoms with van der Waals surface area (Å²) in [6.07, 6.45) is 15.7. The molecule has 26 heavy (non-hydrogen) atoms. The molecule has 0 fully saturated rings. The first kappa shape index (κ1) is 26.1. The summed E-state index contributed by atoms with van der Waals surface area (Å²) < 4.78 is 22.0. The standard InChI is InChI=1S/C20H45N2O3P/c1-3-5-7-9-11-13-15-21-17-19-24-26(23)25-20-18-22-16-14-12-10-8-6-4-2/h21-22,26H,3-20H2,1-2H3. The van der Waals surface area contributed by atoms with Crippen LogP contribution < -0.4 is 10.6 Å². The van der Waals surface area contributed by atoms with E-state index in [0.717, 1.165) is 26.2 Å². The lowest BCUT2D eigenvalue weighted by atomic mass is 10.1. The summed E-state index contributed by atoms with van der Waals surface area (Å²) in [6.45, 7) is 8.90. The highest BCUT2D eigenvalue weighted by Gasteiger charge is 1.99. The molecule has 0 bridgehead atoms. The summed E-state index contributed by atoms with van der Waals surface area (Å²) in [7, 11) is -2.33. The van der Waals surface area contributed by atoms with Crippen LogP contribution in [0.4, 0.5) is 0 Å². The second-order valence-corrected chi connectivity index (χ2v) is 8.06. The molecule has 0 aliphatic heterocycles. The lowest BCUT2D eigenvalue weighted by Crippen LogP contribution is -2.21. The fourth-order valence-corrected chi connectivity index (χ4v) is 3.39. The number of nitrogens with one attached hydrogen (secondary N) is 2. The van der Waals surface area contributed by atoms with Crippen molar-refractivity contribution >= 4 is 8.25 Å². The summed E-state index contributed by atoms with van der Waals surface area (Å²) in [4.78, 5) is 0. The molecular formula is C20H45N2O3P. The van der Waals surface area contributed by atoms with Crippen LogP contribution in [-0.2, 0) is 13.6 Å². The van der Waals surface area contributed by atoms with Gasteiger partial charge in [-0.1, -0.05) is 78.1 Å². The Hall–Kier alpha value is 0.0700. The molecule has 0 aliphatic rings. The average Bonchev–Trinajstić information content (AvgIpc) is 2.64. The lowest BCUT2D eigenvalue weighted by molar-refractivity contribution is 0.225. The van der Waals surface area contributed by atoms with Crippen LogP contribution >= 0.6 is 8.25 Å². The minimum absolute atomic E-state index is 0.457. The van der Waals surface area contributed by atoms with Gasteiger partial charge in [-0.05, 0) is 25.9 Å². The molecule has 0 saturated carbocycles. The minimum atomic E-state index is -2.33. The van der Waals surface area contributed by atoms with Crippen molar-refractivity contribution in [1.29, 1.82) is 0 Å². The third kappa shape index (κ3) is 22.1. The fourth-order valence-electron chi connectivity index (χ4n) is 2.77. The normalized spacial score (nSPS) is 11.5. The van der Waals surface area contributed by atoms with E-state index in [4.69, 9.17) is 9.05 Å². The summed E-state index contributed by atoms with van der Waals surface area (Å²) in [5.41, 5.74) is 0. The molecule has 0 aromatic carbocycles. The maximum atomic E-state index is 11.6.